The first kappa shape index (κ1) is 18.4. The van der Waals surface area contributed by atoms with Crippen molar-refractivity contribution in [3.63, 3.8) is 0 Å². The molecule has 2 aromatic heterocycles. The number of carbonyl (C=O) groups is 2. The highest BCUT2D eigenvalue weighted by Gasteiger charge is 2.20. The molecule has 3 amide bonds. The lowest BCUT2D eigenvalue weighted by Gasteiger charge is -2.23. The summed E-state index contributed by atoms with van der Waals surface area (Å²) in [6.07, 6.45) is 4.96. The van der Waals surface area contributed by atoms with Gasteiger partial charge in [0, 0.05) is 17.9 Å². The number of nitrogens with zero attached hydrogens (tertiary/aromatic N) is 3. The molecule has 0 radical (unpaired) electrons. The first-order valence-electron chi connectivity index (χ1n) is 8.05. The molecule has 0 fully saturated rings. The summed E-state index contributed by atoms with van der Waals surface area (Å²) >= 11 is 0. The average Bonchev–Trinajstić information content (AvgIpc) is 2.93. The highest BCUT2D eigenvalue weighted by atomic mass is 16.2. The highest BCUT2D eigenvalue weighted by molar-refractivity contribution is 5.93. The van der Waals surface area contributed by atoms with E-state index in [1.807, 2.05) is 39.0 Å². The Morgan fingerprint density at radius 3 is 2.68 bits per heavy atom. The number of rotatable bonds is 5. The van der Waals surface area contributed by atoms with Gasteiger partial charge in [0.15, 0.2) is 0 Å². The topological polar surface area (TPSA) is 101 Å². The van der Waals surface area contributed by atoms with Gasteiger partial charge in [0.05, 0.1) is 24.1 Å². The normalized spacial score (nSPS) is 12.3. The van der Waals surface area contributed by atoms with Gasteiger partial charge in [-0.15, -0.1) is 0 Å². The maximum atomic E-state index is 12.0. The molecule has 1 unspecified atom stereocenters. The number of amides is 3. The van der Waals surface area contributed by atoms with Gasteiger partial charge in [-0.3, -0.25) is 14.5 Å². The second-order valence-corrected chi connectivity index (χ2v) is 6.81. The summed E-state index contributed by atoms with van der Waals surface area (Å²) in [6.45, 7) is 7.79. The highest BCUT2D eigenvalue weighted by Crippen LogP contribution is 2.07. The van der Waals surface area contributed by atoms with Gasteiger partial charge in [0.1, 0.15) is 6.04 Å². The fourth-order valence-corrected chi connectivity index (χ4v) is 2.08. The summed E-state index contributed by atoms with van der Waals surface area (Å²) < 4.78 is 1.67. The van der Waals surface area contributed by atoms with Crippen LogP contribution < -0.4 is 16.0 Å². The van der Waals surface area contributed by atoms with Crippen molar-refractivity contribution in [2.75, 3.05) is 5.32 Å². The van der Waals surface area contributed by atoms with Crippen molar-refractivity contribution >= 4 is 17.6 Å². The van der Waals surface area contributed by atoms with Crippen LogP contribution in [0.25, 0.3) is 0 Å². The minimum absolute atomic E-state index is 0.242. The molecule has 2 rings (SSSR count). The maximum Gasteiger partial charge on any atom is 0.319 e. The molecule has 2 heterocycles. The molecule has 0 aliphatic heterocycles. The summed E-state index contributed by atoms with van der Waals surface area (Å²) in [6, 6.07) is 4.54. The van der Waals surface area contributed by atoms with Crippen LogP contribution in [0.5, 0.6) is 0 Å². The number of pyridine rings is 1. The predicted molar refractivity (Wildman–Crippen MR) is 95.1 cm³/mol. The number of hydrogen-bond acceptors (Lipinski definition) is 4. The van der Waals surface area contributed by atoms with Crippen LogP contribution in [0.15, 0.2) is 36.8 Å². The SMILES string of the molecule is CC(NC(=O)Nc1cnn(Cc2ccccn2)c1)C(=O)NC(C)(C)C. The van der Waals surface area contributed by atoms with Gasteiger partial charge in [-0.2, -0.15) is 5.10 Å². The lowest BCUT2D eigenvalue weighted by Crippen LogP contribution is -2.51. The van der Waals surface area contributed by atoms with Crippen molar-refractivity contribution in [3.05, 3.63) is 42.5 Å². The number of nitrogens with one attached hydrogen (secondary N) is 3. The van der Waals surface area contributed by atoms with Crippen LogP contribution in [0.4, 0.5) is 10.5 Å². The van der Waals surface area contributed by atoms with Crippen LogP contribution >= 0.6 is 0 Å². The molecule has 8 nitrogen and oxygen atoms in total. The van der Waals surface area contributed by atoms with E-state index < -0.39 is 12.1 Å². The molecule has 0 bridgehead atoms. The zero-order chi connectivity index (χ0) is 18.4. The predicted octanol–water partition coefficient (Wildman–Crippen LogP) is 1.75. The van der Waals surface area contributed by atoms with E-state index >= 15 is 0 Å². The fourth-order valence-electron chi connectivity index (χ4n) is 2.08. The zero-order valence-corrected chi connectivity index (χ0v) is 14.9. The lowest BCUT2D eigenvalue weighted by molar-refractivity contribution is -0.123. The van der Waals surface area contributed by atoms with Crippen LogP contribution in [-0.4, -0.2) is 38.3 Å². The van der Waals surface area contributed by atoms with Crippen LogP contribution in [0.3, 0.4) is 0 Å². The number of urea groups is 1. The lowest BCUT2D eigenvalue weighted by atomic mass is 10.1. The Morgan fingerprint density at radius 1 is 1.28 bits per heavy atom. The molecule has 2 aromatic rings. The molecule has 3 N–H and O–H groups in total. The Bertz CT molecular complexity index is 720. The molecule has 0 aromatic carbocycles. The van der Waals surface area contributed by atoms with Gasteiger partial charge < -0.3 is 16.0 Å². The van der Waals surface area contributed by atoms with E-state index in [4.69, 9.17) is 0 Å². The van der Waals surface area contributed by atoms with Crippen molar-refractivity contribution < 1.29 is 9.59 Å². The van der Waals surface area contributed by atoms with E-state index in [0.717, 1.165) is 5.69 Å². The van der Waals surface area contributed by atoms with E-state index in [-0.39, 0.29) is 11.4 Å². The van der Waals surface area contributed by atoms with E-state index in [1.165, 1.54) is 0 Å². The van der Waals surface area contributed by atoms with Gasteiger partial charge in [-0.1, -0.05) is 6.07 Å². The molecular formula is C17H24N6O2. The molecule has 0 aliphatic rings. The van der Waals surface area contributed by atoms with Gasteiger partial charge in [0.2, 0.25) is 5.91 Å². The zero-order valence-electron chi connectivity index (χ0n) is 14.9. The third kappa shape index (κ3) is 6.25. The Labute approximate surface area is 147 Å². The van der Waals surface area contributed by atoms with Gasteiger partial charge >= 0.3 is 6.03 Å². The monoisotopic (exact) mass is 344 g/mol. The molecular weight excluding hydrogens is 320 g/mol. The minimum atomic E-state index is -0.650. The van der Waals surface area contributed by atoms with Crippen molar-refractivity contribution in [1.29, 1.82) is 0 Å². The van der Waals surface area contributed by atoms with E-state index in [0.29, 0.717) is 12.2 Å². The molecule has 0 saturated carbocycles. The molecule has 0 aliphatic carbocycles. The standard InChI is InChI=1S/C17H24N6O2/c1-12(15(24)22-17(2,3)4)20-16(25)21-14-9-19-23(11-14)10-13-7-5-6-8-18-13/h5-9,11-12H,10H2,1-4H3,(H,22,24)(H2,20,21,25). The van der Waals surface area contributed by atoms with Crippen LogP contribution in [0.1, 0.15) is 33.4 Å². The first-order valence-corrected chi connectivity index (χ1v) is 8.05. The van der Waals surface area contributed by atoms with Crippen molar-refractivity contribution in [1.82, 2.24) is 25.4 Å². The molecule has 0 spiro atoms. The Hall–Kier alpha value is -2.90. The molecule has 25 heavy (non-hydrogen) atoms. The minimum Gasteiger partial charge on any atom is -0.350 e. The number of hydrogen-bond donors (Lipinski definition) is 3. The van der Waals surface area contributed by atoms with Crippen molar-refractivity contribution in [2.24, 2.45) is 0 Å². The first-order chi connectivity index (χ1) is 11.7. The van der Waals surface area contributed by atoms with E-state index in [9.17, 15) is 9.59 Å². The quantitative estimate of drug-likeness (QED) is 0.769. The Kier molecular flexibility index (Phi) is 5.74. The number of anilines is 1. The molecule has 0 saturated heterocycles. The second kappa shape index (κ2) is 7.78. The van der Waals surface area contributed by atoms with Gasteiger partial charge in [-0.05, 0) is 39.8 Å². The third-order valence-electron chi connectivity index (χ3n) is 3.18. The molecule has 1 atom stereocenters. The molecule has 8 heteroatoms. The largest absolute Gasteiger partial charge is 0.350 e. The van der Waals surface area contributed by atoms with Crippen LogP contribution in [0.2, 0.25) is 0 Å². The van der Waals surface area contributed by atoms with E-state index in [1.54, 1.807) is 30.2 Å². The van der Waals surface area contributed by atoms with Gasteiger partial charge in [-0.25, -0.2) is 4.79 Å². The summed E-state index contributed by atoms with van der Waals surface area (Å²) in [7, 11) is 0. The van der Waals surface area contributed by atoms with Gasteiger partial charge in [0.25, 0.3) is 0 Å². The van der Waals surface area contributed by atoms with Crippen LogP contribution in [-0.2, 0) is 11.3 Å². The smallest absolute Gasteiger partial charge is 0.319 e. The average molecular weight is 344 g/mol. The van der Waals surface area contributed by atoms with E-state index in [2.05, 4.69) is 26.0 Å². The number of carbonyl (C=O) groups excluding carboxylic acids is 2. The Balaban J connectivity index is 1.85. The Morgan fingerprint density at radius 2 is 2.04 bits per heavy atom. The maximum absolute atomic E-state index is 12.0. The summed E-state index contributed by atoms with van der Waals surface area (Å²) in [4.78, 5) is 28.2. The molecule has 134 valence electrons. The summed E-state index contributed by atoms with van der Waals surface area (Å²) in [5.41, 5.74) is 1.06. The third-order valence-corrected chi connectivity index (χ3v) is 3.18. The fraction of sp³-hybridized carbons (Fsp3) is 0.412. The van der Waals surface area contributed by atoms with Crippen molar-refractivity contribution in [3.8, 4) is 0 Å². The van der Waals surface area contributed by atoms with Crippen molar-refractivity contribution in [2.45, 2.75) is 45.8 Å². The van der Waals surface area contributed by atoms with Crippen LogP contribution in [0, 0.1) is 0 Å². The number of aromatic nitrogens is 3. The second-order valence-electron chi connectivity index (χ2n) is 6.81. The summed E-state index contributed by atoms with van der Waals surface area (Å²) in [5, 5.41) is 12.3. The summed E-state index contributed by atoms with van der Waals surface area (Å²) in [5.74, 6) is -0.242.